The molecule has 0 saturated carbocycles. The monoisotopic (exact) mass is 275 g/mol. The molecule has 0 radical (unpaired) electrons. The number of hydrogen-bond acceptors (Lipinski definition) is 2. The summed E-state index contributed by atoms with van der Waals surface area (Å²) < 4.78 is 5.76. The highest BCUT2D eigenvalue weighted by Gasteiger charge is 2.02. The Morgan fingerprint density at radius 1 is 1.11 bits per heavy atom. The summed E-state index contributed by atoms with van der Waals surface area (Å²) in [4.78, 5) is 0. The van der Waals surface area contributed by atoms with E-state index in [4.69, 9.17) is 16.3 Å². The van der Waals surface area contributed by atoms with Crippen LogP contribution in [0.5, 0.6) is 5.75 Å². The van der Waals surface area contributed by atoms with Gasteiger partial charge in [-0.1, -0.05) is 41.9 Å². The fraction of sp³-hybridized carbons (Fsp3) is 0.250. The summed E-state index contributed by atoms with van der Waals surface area (Å²) >= 11 is 6.14. The minimum absolute atomic E-state index is 0.528. The zero-order valence-electron chi connectivity index (χ0n) is 11.2. The van der Waals surface area contributed by atoms with Crippen LogP contribution in [0.4, 0.5) is 0 Å². The van der Waals surface area contributed by atoms with E-state index in [0.717, 1.165) is 23.4 Å². The molecule has 2 aromatic rings. The smallest absolute Gasteiger partial charge is 0.138 e. The van der Waals surface area contributed by atoms with Crippen molar-refractivity contribution in [1.82, 2.24) is 5.32 Å². The number of nitrogens with one attached hydrogen (secondary N) is 1. The summed E-state index contributed by atoms with van der Waals surface area (Å²) in [5, 5.41) is 3.80. The number of ether oxygens (including phenoxy) is 1. The van der Waals surface area contributed by atoms with Gasteiger partial charge in [0.25, 0.3) is 0 Å². The van der Waals surface area contributed by atoms with Crippen molar-refractivity contribution in [2.45, 2.75) is 20.1 Å². The van der Waals surface area contributed by atoms with Gasteiger partial charge in [0, 0.05) is 6.54 Å². The second-order valence-corrected chi connectivity index (χ2v) is 4.98. The summed E-state index contributed by atoms with van der Waals surface area (Å²) in [6, 6.07) is 14.2. The summed E-state index contributed by atoms with van der Waals surface area (Å²) in [6.45, 7) is 3.40. The highest BCUT2D eigenvalue weighted by Crippen LogP contribution is 2.26. The molecule has 0 atom stereocenters. The minimum atomic E-state index is 0.528. The molecule has 0 aliphatic heterocycles. The Morgan fingerprint density at radius 3 is 2.63 bits per heavy atom. The van der Waals surface area contributed by atoms with Crippen molar-refractivity contribution in [2.24, 2.45) is 0 Å². The van der Waals surface area contributed by atoms with E-state index in [1.165, 1.54) is 5.56 Å². The largest absolute Gasteiger partial charge is 0.487 e. The fourth-order valence-electron chi connectivity index (χ4n) is 1.92. The van der Waals surface area contributed by atoms with Gasteiger partial charge >= 0.3 is 0 Å². The highest BCUT2D eigenvalue weighted by molar-refractivity contribution is 6.32. The van der Waals surface area contributed by atoms with Crippen LogP contribution in [-0.4, -0.2) is 7.05 Å². The van der Waals surface area contributed by atoms with Gasteiger partial charge in [-0.3, -0.25) is 0 Å². The van der Waals surface area contributed by atoms with Crippen LogP contribution in [0, 0.1) is 6.92 Å². The standard InChI is InChI=1S/C16H18ClNO/c1-12-6-7-16(15(17)8-12)19-11-14-5-3-4-13(9-14)10-18-2/h3-9,18H,10-11H2,1-2H3. The molecule has 1 N–H and O–H groups in total. The number of halogens is 1. The molecule has 0 amide bonds. The van der Waals surface area contributed by atoms with Crippen LogP contribution < -0.4 is 10.1 Å². The second-order valence-electron chi connectivity index (χ2n) is 4.57. The molecule has 100 valence electrons. The lowest BCUT2D eigenvalue weighted by Gasteiger charge is -2.09. The van der Waals surface area contributed by atoms with Gasteiger partial charge in [-0.25, -0.2) is 0 Å². The van der Waals surface area contributed by atoms with Crippen molar-refractivity contribution in [2.75, 3.05) is 7.05 Å². The zero-order valence-corrected chi connectivity index (χ0v) is 12.0. The molecular formula is C16H18ClNO. The first kappa shape index (κ1) is 13.9. The molecule has 2 rings (SSSR count). The third-order valence-corrected chi connectivity index (χ3v) is 3.15. The van der Waals surface area contributed by atoms with E-state index >= 15 is 0 Å². The molecule has 0 bridgehead atoms. The van der Waals surface area contributed by atoms with Crippen molar-refractivity contribution in [3.63, 3.8) is 0 Å². The van der Waals surface area contributed by atoms with Crippen molar-refractivity contribution in [3.8, 4) is 5.75 Å². The minimum Gasteiger partial charge on any atom is -0.487 e. The summed E-state index contributed by atoms with van der Waals surface area (Å²) in [5.74, 6) is 0.728. The SMILES string of the molecule is CNCc1cccc(COc2ccc(C)cc2Cl)c1. The summed E-state index contributed by atoms with van der Waals surface area (Å²) in [6.07, 6.45) is 0. The van der Waals surface area contributed by atoms with Crippen LogP contribution >= 0.6 is 11.6 Å². The van der Waals surface area contributed by atoms with Gasteiger partial charge in [0.15, 0.2) is 0 Å². The molecule has 0 unspecified atom stereocenters. The van der Waals surface area contributed by atoms with Crippen molar-refractivity contribution >= 4 is 11.6 Å². The van der Waals surface area contributed by atoms with E-state index in [1.54, 1.807) is 0 Å². The Morgan fingerprint density at radius 2 is 1.89 bits per heavy atom. The predicted octanol–water partition coefficient (Wildman–Crippen LogP) is 3.95. The van der Waals surface area contributed by atoms with Gasteiger partial charge in [-0.05, 0) is 42.8 Å². The van der Waals surface area contributed by atoms with E-state index in [0.29, 0.717) is 11.6 Å². The van der Waals surface area contributed by atoms with Gasteiger partial charge in [0.2, 0.25) is 0 Å². The summed E-state index contributed by atoms with van der Waals surface area (Å²) in [7, 11) is 1.94. The Labute approximate surface area is 119 Å². The van der Waals surface area contributed by atoms with Crippen LogP contribution in [0.3, 0.4) is 0 Å². The first-order valence-electron chi connectivity index (χ1n) is 6.30. The topological polar surface area (TPSA) is 21.3 Å². The molecular weight excluding hydrogens is 258 g/mol. The average Bonchev–Trinajstić information content (AvgIpc) is 2.38. The molecule has 0 fully saturated rings. The van der Waals surface area contributed by atoms with Crippen LogP contribution in [0.15, 0.2) is 42.5 Å². The molecule has 2 nitrogen and oxygen atoms in total. The van der Waals surface area contributed by atoms with Gasteiger partial charge in [-0.15, -0.1) is 0 Å². The Hall–Kier alpha value is -1.51. The zero-order chi connectivity index (χ0) is 13.7. The third kappa shape index (κ3) is 3.98. The molecule has 0 aromatic heterocycles. The van der Waals surface area contributed by atoms with Crippen LogP contribution in [0.25, 0.3) is 0 Å². The lowest BCUT2D eigenvalue weighted by molar-refractivity contribution is 0.306. The lowest BCUT2D eigenvalue weighted by atomic mass is 10.1. The van der Waals surface area contributed by atoms with Gasteiger partial charge in [-0.2, -0.15) is 0 Å². The molecule has 2 aromatic carbocycles. The molecule has 0 aliphatic carbocycles. The van der Waals surface area contributed by atoms with E-state index < -0.39 is 0 Å². The fourth-order valence-corrected chi connectivity index (χ4v) is 2.21. The van der Waals surface area contributed by atoms with Gasteiger partial charge in [0.1, 0.15) is 12.4 Å². The highest BCUT2D eigenvalue weighted by atomic mass is 35.5. The Kier molecular flexibility index (Phi) is 4.83. The van der Waals surface area contributed by atoms with Crippen molar-refractivity contribution in [3.05, 3.63) is 64.2 Å². The maximum atomic E-state index is 6.14. The maximum Gasteiger partial charge on any atom is 0.138 e. The quantitative estimate of drug-likeness (QED) is 0.892. The lowest BCUT2D eigenvalue weighted by Crippen LogP contribution is -2.05. The first-order chi connectivity index (χ1) is 9.19. The second kappa shape index (κ2) is 6.60. The van der Waals surface area contributed by atoms with E-state index in [2.05, 4.69) is 23.5 Å². The third-order valence-electron chi connectivity index (χ3n) is 2.85. The van der Waals surface area contributed by atoms with E-state index in [-0.39, 0.29) is 0 Å². The maximum absolute atomic E-state index is 6.14. The van der Waals surface area contributed by atoms with Crippen LogP contribution in [0.1, 0.15) is 16.7 Å². The molecule has 0 saturated heterocycles. The Balaban J connectivity index is 2.03. The number of aryl methyl sites for hydroxylation is 1. The number of rotatable bonds is 5. The molecule has 19 heavy (non-hydrogen) atoms. The van der Waals surface area contributed by atoms with E-state index in [1.807, 2.05) is 38.2 Å². The van der Waals surface area contributed by atoms with Gasteiger partial charge < -0.3 is 10.1 Å². The molecule has 0 aliphatic rings. The van der Waals surface area contributed by atoms with Crippen molar-refractivity contribution in [1.29, 1.82) is 0 Å². The normalized spacial score (nSPS) is 10.5. The average molecular weight is 276 g/mol. The number of hydrogen-bond donors (Lipinski definition) is 1. The van der Waals surface area contributed by atoms with Crippen molar-refractivity contribution < 1.29 is 4.74 Å². The van der Waals surface area contributed by atoms with Crippen LogP contribution in [-0.2, 0) is 13.2 Å². The van der Waals surface area contributed by atoms with E-state index in [9.17, 15) is 0 Å². The molecule has 3 heteroatoms. The van der Waals surface area contributed by atoms with Gasteiger partial charge in [0.05, 0.1) is 5.02 Å². The van der Waals surface area contributed by atoms with Crippen LogP contribution in [0.2, 0.25) is 5.02 Å². The predicted molar refractivity (Wildman–Crippen MR) is 79.7 cm³/mol. The first-order valence-corrected chi connectivity index (χ1v) is 6.68. The summed E-state index contributed by atoms with van der Waals surface area (Å²) in [5.41, 5.74) is 3.52. The Bertz CT molecular complexity index is 554. The molecule has 0 spiro atoms. The number of benzene rings is 2. The molecule has 0 heterocycles.